The third kappa shape index (κ3) is 5.76. The molecule has 0 bridgehead atoms. The number of nitrogens with two attached hydrogens (primary N) is 1. The molecule has 1 amide bonds. The van der Waals surface area contributed by atoms with Crippen LogP contribution >= 0.6 is 12.4 Å². The van der Waals surface area contributed by atoms with E-state index in [2.05, 4.69) is 12.1 Å². The van der Waals surface area contributed by atoms with E-state index < -0.39 is 0 Å². The molecule has 0 saturated carbocycles. The predicted molar refractivity (Wildman–Crippen MR) is 103 cm³/mol. The molecule has 1 aliphatic rings. The molecule has 0 spiro atoms. The third-order valence-electron chi connectivity index (χ3n) is 4.46. The van der Waals surface area contributed by atoms with Crippen LogP contribution in [-0.4, -0.2) is 30.0 Å². The van der Waals surface area contributed by atoms with E-state index in [0.717, 1.165) is 37.2 Å². The molecule has 1 fully saturated rings. The molecule has 0 radical (unpaired) electrons. The van der Waals surface area contributed by atoms with Gasteiger partial charge in [-0.3, -0.25) is 4.79 Å². The van der Waals surface area contributed by atoms with E-state index >= 15 is 0 Å². The minimum absolute atomic E-state index is 0. The number of likely N-dealkylation sites (tertiary alicyclic amines) is 1. The Labute approximate surface area is 155 Å². The van der Waals surface area contributed by atoms with Crippen LogP contribution in [0.4, 0.5) is 5.69 Å². The molecule has 0 aliphatic carbocycles. The van der Waals surface area contributed by atoms with Gasteiger partial charge in [-0.2, -0.15) is 0 Å². The summed E-state index contributed by atoms with van der Waals surface area (Å²) in [6.45, 7) is 2.19. The van der Waals surface area contributed by atoms with Gasteiger partial charge in [0.1, 0.15) is 0 Å². The molecular formula is C20H25ClN2O2. The molecule has 0 unspecified atom stereocenters. The Bertz CT molecular complexity index is 653. The summed E-state index contributed by atoms with van der Waals surface area (Å²) in [7, 11) is 0. The van der Waals surface area contributed by atoms with E-state index in [9.17, 15) is 4.79 Å². The lowest BCUT2D eigenvalue weighted by Gasteiger charge is -2.32. The highest BCUT2D eigenvalue weighted by Crippen LogP contribution is 2.17. The first kappa shape index (κ1) is 19.3. The predicted octanol–water partition coefficient (Wildman–Crippen LogP) is 3.44. The Morgan fingerprint density at radius 1 is 1.00 bits per heavy atom. The number of carbonyl (C=O) groups excluding carboxylic acids is 1. The quantitative estimate of drug-likeness (QED) is 0.831. The summed E-state index contributed by atoms with van der Waals surface area (Å²) in [5, 5.41) is 0. The molecule has 3 rings (SSSR count). The number of rotatable bonds is 5. The van der Waals surface area contributed by atoms with Crippen LogP contribution < -0.4 is 5.73 Å². The molecule has 4 nitrogen and oxygen atoms in total. The Morgan fingerprint density at radius 3 is 2.28 bits per heavy atom. The van der Waals surface area contributed by atoms with E-state index in [0.29, 0.717) is 13.0 Å². The molecule has 2 aromatic rings. The molecule has 1 heterocycles. The van der Waals surface area contributed by atoms with Gasteiger partial charge in [-0.25, -0.2) is 0 Å². The van der Waals surface area contributed by atoms with Crippen molar-refractivity contribution in [1.29, 1.82) is 0 Å². The molecular weight excluding hydrogens is 336 g/mol. The second kappa shape index (κ2) is 9.44. The zero-order chi connectivity index (χ0) is 16.8. The standard InChI is InChI=1S/C20H24N2O2.ClH/c21-18-8-6-16(7-9-18)14-20(23)22-12-10-19(11-13-22)24-15-17-4-2-1-3-5-17;/h1-9,19H,10-15,21H2;1H. The summed E-state index contributed by atoms with van der Waals surface area (Å²) in [6, 6.07) is 17.7. The Kier molecular flexibility index (Phi) is 7.29. The van der Waals surface area contributed by atoms with Crippen LogP contribution in [-0.2, 0) is 22.6 Å². The number of amides is 1. The van der Waals surface area contributed by atoms with E-state index in [1.165, 1.54) is 5.56 Å². The number of nitrogens with zero attached hydrogens (tertiary/aromatic N) is 1. The zero-order valence-corrected chi connectivity index (χ0v) is 15.1. The Hall–Kier alpha value is -2.04. The average Bonchev–Trinajstić information content (AvgIpc) is 2.63. The van der Waals surface area contributed by atoms with Gasteiger partial charge in [0.2, 0.25) is 5.91 Å². The van der Waals surface area contributed by atoms with Crippen molar-refractivity contribution in [3.63, 3.8) is 0 Å². The molecule has 134 valence electrons. The van der Waals surface area contributed by atoms with Crippen molar-refractivity contribution in [1.82, 2.24) is 4.90 Å². The lowest BCUT2D eigenvalue weighted by molar-refractivity contribution is -0.133. The van der Waals surface area contributed by atoms with Crippen molar-refractivity contribution in [2.24, 2.45) is 0 Å². The first-order valence-electron chi connectivity index (χ1n) is 8.48. The number of piperidine rings is 1. The fraction of sp³-hybridized carbons (Fsp3) is 0.350. The van der Waals surface area contributed by atoms with Crippen LogP contribution in [0.15, 0.2) is 54.6 Å². The van der Waals surface area contributed by atoms with Gasteiger partial charge in [0.25, 0.3) is 0 Å². The van der Waals surface area contributed by atoms with Crippen molar-refractivity contribution in [3.8, 4) is 0 Å². The van der Waals surface area contributed by atoms with E-state index in [-0.39, 0.29) is 24.4 Å². The second-order valence-electron chi connectivity index (χ2n) is 6.30. The number of carbonyl (C=O) groups is 1. The number of hydrogen-bond donors (Lipinski definition) is 1. The largest absolute Gasteiger partial charge is 0.399 e. The van der Waals surface area contributed by atoms with Crippen LogP contribution in [0.2, 0.25) is 0 Å². The zero-order valence-electron chi connectivity index (χ0n) is 14.3. The highest BCUT2D eigenvalue weighted by atomic mass is 35.5. The summed E-state index contributed by atoms with van der Waals surface area (Å²) in [6.07, 6.45) is 2.49. The molecule has 25 heavy (non-hydrogen) atoms. The minimum atomic E-state index is 0. The highest BCUT2D eigenvalue weighted by Gasteiger charge is 2.23. The number of nitrogen functional groups attached to an aromatic ring is 1. The lowest BCUT2D eigenvalue weighted by atomic mass is 10.1. The van der Waals surface area contributed by atoms with E-state index in [1.807, 2.05) is 47.4 Å². The topological polar surface area (TPSA) is 55.6 Å². The van der Waals surface area contributed by atoms with Crippen LogP contribution in [0.1, 0.15) is 24.0 Å². The molecule has 0 atom stereocenters. The minimum Gasteiger partial charge on any atom is -0.399 e. The Morgan fingerprint density at radius 2 is 1.64 bits per heavy atom. The van der Waals surface area contributed by atoms with Gasteiger partial charge in [0, 0.05) is 18.8 Å². The van der Waals surface area contributed by atoms with Crippen LogP contribution in [0.25, 0.3) is 0 Å². The van der Waals surface area contributed by atoms with Gasteiger partial charge in [-0.05, 0) is 36.1 Å². The number of ether oxygens (including phenoxy) is 1. The first-order chi connectivity index (χ1) is 11.7. The first-order valence-corrected chi connectivity index (χ1v) is 8.48. The number of halogens is 1. The van der Waals surface area contributed by atoms with Gasteiger partial charge in [-0.1, -0.05) is 42.5 Å². The second-order valence-corrected chi connectivity index (χ2v) is 6.30. The summed E-state index contributed by atoms with van der Waals surface area (Å²) < 4.78 is 5.98. The normalized spacial score (nSPS) is 14.8. The molecule has 1 saturated heterocycles. The SMILES string of the molecule is Cl.Nc1ccc(CC(=O)N2CCC(OCc3ccccc3)CC2)cc1. The van der Waals surface area contributed by atoms with Crippen LogP contribution in [0.5, 0.6) is 0 Å². The number of hydrogen-bond acceptors (Lipinski definition) is 3. The van der Waals surface area contributed by atoms with Gasteiger partial charge < -0.3 is 15.4 Å². The number of benzene rings is 2. The maximum Gasteiger partial charge on any atom is 0.226 e. The molecule has 2 N–H and O–H groups in total. The van der Waals surface area contributed by atoms with Gasteiger partial charge in [0.05, 0.1) is 19.1 Å². The average molecular weight is 361 g/mol. The van der Waals surface area contributed by atoms with Crippen molar-refractivity contribution < 1.29 is 9.53 Å². The van der Waals surface area contributed by atoms with Crippen LogP contribution in [0.3, 0.4) is 0 Å². The van der Waals surface area contributed by atoms with Crippen molar-refractivity contribution >= 4 is 24.0 Å². The third-order valence-corrected chi connectivity index (χ3v) is 4.46. The molecule has 2 aromatic carbocycles. The van der Waals surface area contributed by atoms with Gasteiger partial charge in [0.15, 0.2) is 0 Å². The fourth-order valence-electron chi connectivity index (χ4n) is 2.98. The van der Waals surface area contributed by atoms with Crippen molar-refractivity contribution in [3.05, 3.63) is 65.7 Å². The maximum absolute atomic E-state index is 12.4. The number of anilines is 1. The monoisotopic (exact) mass is 360 g/mol. The summed E-state index contributed by atoms with van der Waals surface area (Å²) in [4.78, 5) is 14.3. The van der Waals surface area contributed by atoms with Crippen molar-refractivity contribution in [2.75, 3.05) is 18.8 Å². The van der Waals surface area contributed by atoms with Gasteiger partial charge >= 0.3 is 0 Å². The van der Waals surface area contributed by atoms with Gasteiger partial charge in [-0.15, -0.1) is 12.4 Å². The van der Waals surface area contributed by atoms with Crippen LogP contribution in [0, 0.1) is 0 Å². The molecule has 5 heteroatoms. The maximum atomic E-state index is 12.4. The molecule has 1 aliphatic heterocycles. The molecule has 0 aromatic heterocycles. The summed E-state index contributed by atoms with van der Waals surface area (Å²) in [5.41, 5.74) is 8.61. The Balaban J connectivity index is 0.00000225. The lowest BCUT2D eigenvalue weighted by Crippen LogP contribution is -2.41. The summed E-state index contributed by atoms with van der Waals surface area (Å²) in [5.74, 6) is 0.182. The summed E-state index contributed by atoms with van der Waals surface area (Å²) >= 11 is 0. The smallest absolute Gasteiger partial charge is 0.226 e. The van der Waals surface area contributed by atoms with E-state index in [1.54, 1.807) is 0 Å². The fourth-order valence-corrected chi connectivity index (χ4v) is 2.98. The highest BCUT2D eigenvalue weighted by molar-refractivity contribution is 5.85. The van der Waals surface area contributed by atoms with Crippen molar-refractivity contribution in [2.45, 2.75) is 32.0 Å². The van der Waals surface area contributed by atoms with E-state index in [4.69, 9.17) is 10.5 Å².